The van der Waals surface area contributed by atoms with Crippen LogP contribution in [0.3, 0.4) is 0 Å². The average molecular weight is 304 g/mol. The Labute approximate surface area is 129 Å². The minimum atomic E-state index is 0.0132. The van der Waals surface area contributed by atoms with Gasteiger partial charge in [-0.1, -0.05) is 23.7 Å². The Kier molecular flexibility index (Phi) is 3.99. The van der Waals surface area contributed by atoms with Gasteiger partial charge in [0.05, 0.1) is 11.6 Å². The summed E-state index contributed by atoms with van der Waals surface area (Å²) in [5, 5.41) is 4.05. The number of benzene rings is 1. The normalized spacial score (nSPS) is 18.8. The highest BCUT2D eigenvalue weighted by Crippen LogP contribution is 2.26. The van der Waals surface area contributed by atoms with Crippen LogP contribution in [0.25, 0.3) is 0 Å². The quantitative estimate of drug-likeness (QED) is 0.896. The number of H-pyrrole nitrogens is 1. The third-order valence-electron chi connectivity index (χ3n) is 3.92. The molecule has 2 N–H and O–H groups in total. The van der Waals surface area contributed by atoms with E-state index in [0.29, 0.717) is 11.6 Å². The number of nitrogens with zero attached hydrogens (tertiary/aromatic N) is 1. The minimum absolute atomic E-state index is 0.0132. The SMILES string of the molecule is Cc1[nH]ccc1C(=O)N1CCNCC1c1cccc(Cl)c1. The molecule has 1 saturated heterocycles. The first-order chi connectivity index (χ1) is 10.2. The maximum atomic E-state index is 12.8. The standard InChI is InChI=1S/C16H18ClN3O/c1-11-14(5-6-19-11)16(21)20-8-7-18-10-15(20)12-3-2-4-13(17)9-12/h2-6,9,15,18-19H,7-8,10H2,1H3. The van der Waals surface area contributed by atoms with Gasteiger partial charge in [-0.15, -0.1) is 0 Å². The number of piperazine rings is 1. The van der Waals surface area contributed by atoms with Crippen LogP contribution in [-0.2, 0) is 0 Å². The first-order valence-electron chi connectivity index (χ1n) is 7.08. The molecule has 0 bridgehead atoms. The summed E-state index contributed by atoms with van der Waals surface area (Å²) in [5.41, 5.74) is 2.71. The number of aryl methyl sites for hydroxylation is 1. The molecule has 5 heteroatoms. The van der Waals surface area contributed by atoms with Crippen LogP contribution in [0.5, 0.6) is 0 Å². The number of carbonyl (C=O) groups excluding carboxylic acids is 1. The molecular weight excluding hydrogens is 286 g/mol. The predicted molar refractivity (Wildman–Crippen MR) is 83.6 cm³/mol. The van der Waals surface area contributed by atoms with Crippen LogP contribution in [0.4, 0.5) is 0 Å². The molecule has 21 heavy (non-hydrogen) atoms. The Morgan fingerprint density at radius 1 is 1.38 bits per heavy atom. The summed E-state index contributed by atoms with van der Waals surface area (Å²) in [5.74, 6) is 0.0697. The highest BCUT2D eigenvalue weighted by atomic mass is 35.5. The first-order valence-corrected chi connectivity index (χ1v) is 7.46. The lowest BCUT2D eigenvalue weighted by atomic mass is 10.0. The molecule has 1 aliphatic heterocycles. The van der Waals surface area contributed by atoms with E-state index in [1.54, 1.807) is 6.20 Å². The Morgan fingerprint density at radius 3 is 2.95 bits per heavy atom. The van der Waals surface area contributed by atoms with E-state index in [-0.39, 0.29) is 11.9 Å². The van der Waals surface area contributed by atoms with E-state index in [1.807, 2.05) is 42.2 Å². The second-order valence-corrected chi connectivity index (χ2v) is 5.73. The molecule has 2 aromatic rings. The molecule has 1 aromatic carbocycles. The average Bonchev–Trinajstić information content (AvgIpc) is 2.93. The van der Waals surface area contributed by atoms with Crippen molar-refractivity contribution < 1.29 is 4.79 Å². The minimum Gasteiger partial charge on any atom is -0.365 e. The van der Waals surface area contributed by atoms with Crippen molar-refractivity contribution in [1.29, 1.82) is 0 Å². The van der Waals surface area contributed by atoms with Crippen LogP contribution in [0.1, 0.15) is 27.7 Å². The molecule has 1 aliphatic rings. The fourth-order valence-electron chi connectivity index (χ4n) is 2.80. The van der Waals surface area contributed by atoms with Gasteiger partial charge in [-0.05, 0) is 30.7 Å². The van der Waals surface area contributed by atoms with Gasteiger partial charge in [0.1, 0.15) is 0 Å². The Balaban J connectivity index is 1.92. The van der Waals surface area contributed by atoms with Crippen LogP contribution in [-0.4, -0.2) is 35.4 Å². The number of hydrogen-bond donors (Lipinski definition) is 2. The van der Waals surface area contributed by atoms with Crippen LogP contribution < -0.4 is 5.32 Å². The van der Waals surface area contributed by atoms with Gasteiger partial charge >= 0.3 is 0 Å². The summed E-state index contributed by atoms with van der Waals surface area (Å²) in [6.45, 7) is 4.17. The van der Waals surface area contributed by atoms with Crippen molar-refractivity contribution in [3.05, 3.63) is 58.4 Å². The highest BCUT2D eigenvalue weighted by Gasteiger charge is 2.29. The van der Waals surface area contributed by atoms with E-state index in [9.17, 15) is 4.79 Å². The number of amides is 1. The number of carbonyl (C=O) groups is 1. The lowest BCUT2D eigenvalue weighted by molar-refractivity contribution is 0.0634. The van der Waals surface area contributed by atoms with E-state index in [1.165, 1.54) is 0 Å². The van der Waals surface area contributed by atoms with Crippen molar-refractivity contribution in [2.75, 3.05) is 19.6 Å². The zero-order valence-electron chi connectivity index (χ0n) is 11.9. The molecule has 1 unspecified atom stereocenters. The zero-order chi connectivity index (χ0) is 14.8. The Hall–Kier alpha value is -1.78. The van der Waals surface area contributed by atoms with Crippen LogP contribution in [0.2, 0.25) is 5.02 Å². The number of aromatic nitrogens is 1. The molecule has 1 atom stereocenters. The maximum Gasteiger partial charge on any atom is 0.256 e. The molecule has 0 spiro atoms. The molecule has 0 saturated carbocycles. The summed E-state index contributed by atoms with van der Waals surface area (Å²) >= 11 is 6.09. The predicted octanol–water partition coefficient (Wildman–Crippen LogP) is 2.76. The number of hydrogen-bond acceptors (Lipinski definition) is 2. The monoisotopic (exact) mass is 303 g/mol. The smallest absolute Gasteiger partial charge is 0.256 e. The topological polar surface area (TPSA) is 48.1 Å². The third-order valence-corrected chi connectivity index (χ3v) is 4.16. The van der Waals surface area contributed by atoms with E-state index >= 15 is 0 Å². The van der Waals surface area contributed by atoms with Gasteiger partial charge in [-0.2, -0.15) is 0 Å². The summed E-state index contributed by atoms with van der Waals surface area (Å²) in [6, 6.07) is 9.59. The van der Waals surface area contributed by atoms with Gasteiger partial charge < -0.3 is 15.2 Å². The Morgan fingerprint density at radius 2 is 2.24 bits per heavy atom. The van der Waals surface area contributed by atoms with Gasteiger partial charge in [0, 0.05) is 36.5 Å². The second kappa shape index (κ2) is 5.92. The van der Waals surface area contributed by atoms with Gasteiger partial charge in [0.2, 0.25) is 0 Å². The van der Waals surface area contributed by atoms with Crippen molar-refractivity contribution in [1.82, 2.24) is 15.2 Å². The van der Waals surface area contributed by atoms with E-state index in [0.717, 1.165) is 29.9 Å². The summed E-state index contributed by atoms with van der Waals surface area (Å²) in [7, 11) is 0. The van der Waals surface area contributed by atoms with E-state index < -0.39 is 0 Å². The molecule has 0 radical (unpaired) electrons. The van der Waals surface area contributed by atoms with Crippen molar-refractivity contribution >= 4 is 17.5 Å². The zero-order valence-corrected chi connectivity index (χ0v) is 12.7. The molecule has 4 nitrogen and oxygen atoms in total. The molecule has 1 amide bonds. The second-order valence-electron chi connectivity index (χ2n) is 5.29. The number of aromatic amines is 1. The van der Waals surface area contributed by atoms with Gasteiger partial charge in [0.25, 0.3) is 5.91 Å². The number of halogens is 1. The van der Waals surface area contributed by atoms with Crippen LogP contribution in [0, 0.1) is 6.92 Å². The lowest BCUT2D eigenvalue weighted by Crippen LogP contribution is -2.48. The van der Waals surface area contributed by atoms with Gasteiger partial charge in [0.15, 0.2) is 0 Å². The maximum absolute atomic E-state index is 12.8. The third kappa shape index (κ3) is 2.82. The van der Waals surface area contributed by atoms with E-state index in [2.05, 4.69) is 10.3 Å². The first kappa shape index (κ1) is 14.2. The molecule has 110 valence electrons. The van der Waals surface area contributed by atoms with Crippen LogP contribution >= 0.6 is 11.6 Å². The molecule has 0 aliphatic carbocycles. The van der Waals surface area contributed by atoms with E-state index in [4.69, 9.17) is 11.6 Å². The van der Waals surface area contributed by atoms with Gasteiger partial charge in [-0.25, -0.2) is 0 Å². The van der Waals surface area contributed by atoms with Crippen molar-refractivity contribution in [3.63, 3.8) is 0 Å². The number of rotatable bonds is 2. The number of nitrogens with one attached hydrogen (secondary N) is 2. The molecule has 2 heterocycles. The molecular formula is C16H18ClN3O. The molecule has 1 aromatic heterocycles. The fraction of sp³-hybridized carbons (Fsp3) is 0.312. The fourth-order valence-corrected chi connectivity index (χ4v) is 3.00. The van der Waals surface area contributed by atoms with Crippen molar-refractivity contribution in [2.24, 2.45) is 0 Å². The summed E-state index contributed by atoms with van der Waals surface area (Å²) < 4.78 is 0. The summed E-state index contributed by atoms with van der Waals surface area (Å²) in [4.78, 5) is 17.8. The Bertz CT molecular complexity index is 652. The van der Waals surface area contributed by atoms with Crippen molar-refractivity contribution in [2.45, 2.75) is 13.0 Å². The molecule has 3 rings (SSSR count). The molecule has 1 fully saturated rings. The summed E-state index contributed by atoms with van der Waals surface area (Å²) in [6.07, 6.45) is 1.80. The van der Waals surface area contributed by atoms with Crippen molar-refractivity contribution in [3.8, 4) is 0 Å². The highest BCUT2D eigenvalue weighted by molar-refractivity contribution is 6.30. The van der Waals surface area contributed by atoms with Crippen LogP contribution in [0.15, 0.2) is 36.5 Å². The largest absolute Gasteiger partial charge is 0.365 e. The lowest BCUT2D eigenvalue weighted by Gasteiger charge is -2.36. The van der Waals surface area contributed by atoms with Gasteiger partial charge in [-0.3, -0.25) is 4.79 Å².